The Morgan fingerprint density at radius 2 is 1.35 bits per heavy atom. The average molecular weight is 726 g/mol. The molecule has 0 saturated carbocycles. The molecule has 1 heterocycles. The van der Waals surface area contributed by atoms with Gasteiger partial charge in [0.05, 0.1) is 12.1 Å². The Labute approximate surface area is 301 Å². The summed E-state index contributed by atoms with van der Waals surface area (Å²) < 4.78 is 14.6. The number of amides is 7. The van der Waals surface area contributed by atoms with Gasteiger partial charge < -0.3 is 26.6 Å². The van der Waals surface area contributed by atoms with Crippen LogP contribution in [-0.2, 0) is 24.0 Å². The van der Waals surface area contributed by atoms with Gasteiger partial charge in [-0.2, -0.15) is 0 Å². The van der Waals surface area contributed by atoms with Crippen LogP contribution in [0.15, 0.2) is 42.5 Å². The van der Waals surface area contributed by atoms with Gasteiger partial charge in [-0.05, 0) is 74.6 Å². The van der Waals surface area contributed by atoms with Crippen molar-refractivity contribution in [2.45, 2.75) is 89.5 Å². The predicted molar refractivity (Wildman–Crippen MR) is 190 cm³/mol. The van der Waals surface area contributed by atoms with Gasteiger partial charge in [-0.3, -0.25) is 44.1 Å². The maximum absolute atomic E-state index is 14.6. The van der Waals surface area contributed by atoms with Crippen LogP contribution in [0.5, 0.6) is 0 Å². The van der Waals surface area contributed by atoms with Gasteiger partial charge in [0.25, 0.3) is 11.8 Å². The summed E-state index contributed by atoms with van der Waals surface area (Å²) in [6.45, 7) is 0.888. The van der Waals surface area contributed by atoms with Crippen LogP contribution in [0.3, 0.4) is 0 Å². The SMILES string of the molecule is O=C(CCCCCCNC(=O)c1ccc(NC(=O)CCCCCCCNC(=O)CNc2ccc(C(=O)NC3CCC(=O)NC3=O)c(F)c2)cc1)NO. The molecule has 8 N–H and O–H groups in total. The highest BCUT2D eigenvalue weighted by atomic mass is 19.1. The highest BCUT2D eigenvalue weighted by molar-refractivity contribution is 6.04. The van der Waals surface area contributed by atoms with Gasteiger partial charge in [0, 0.05) is 49.3 Å². The second-order valence-electron chi connectivity index (χ2n) is 12.5. The van der Waals surface area contributed by atoms with Crippen molar-refractivity contribution in [2.24, 2.45) is 0 Å². The summed E-state index contributed by atoms with van der Waals surface area (Å²) in [5.74, 6) is -3.65. The molecule has 3 rings (SSSR count). The molecular weight excluding hydrogens is 677 g/mol. The largest absolute Gasteiger partial charge is 0.376 e. The zero-order chi connectivity index (χ0) is 37.7. The molecule has 1 aliphatic rings. The Hall–Kier alpha value is -5.38. The number of hydrogen-bond donors (Lipinski definition) is 8. The van der Waals surface area contributed by atoms with E-state index in [0.29, 0.717) is 49.3 Å². The molecule has 1 atom stereocenters. The van der Waals surface area contributed by atoms with Crippen molar-refractivity contribution in [3.8, 4) is 0 Å². The number of benzene rings is 2. The third kappa shape index (κ3) is 15.2. The Morgan fingerprint density at radius 1 is 0.731 bits per heavy atom. The van der Waals surface area contributed by atoms with Crippen molar-refractivity contribution in [1.29, 1.82) is 0 Å². The molecule has 52 heavy (non-hydrogen) atoms. The van der Waals surface area contributed by atoms with Crippen molar-refractivity contribution < 1.29 is 43.2 Å². The fraction of sp³-hybridized carbons (Fsp3) is 0.472. The molecular formula is C36H48FN7O8. The van der Waals surface area contributed by atoms with Crippen LogP contribution in [0.2, 0.25) is 0 Å². The summed E-state index contributed by atoms with van der Waals surface area (Å²) in [5.41, 5.74) is 2.74. The monoisotopic (exact) mass is 725 g/mol. The van der Waals surface area contributed by atoms with Gasteiger partial charge in [0.2, 0.25) is 29.5 Å². The lowest BCUT2D eigenvalue weighted by Gasteiger charge is -2.21. The minimum atomic E-state index is -0.922. The van der Waals surface area contributed by atoms with E-state index in [1.807, 2.05) is 0 Å². The summed E-state index contributed by atoms with van der Waals surface area (Å²) in [7, 11) is 0. The number of nitrogens with one attached hydrogen (secondary N) is 7. The number of carbonyl (C=O) groups is 7. The summed E-state index contributed by atoms with van der Waals surface area (Å²) in [6, 6.07) is 9.55. The summed E-state index contributed by atoms with van der Waals surface area (Å²) >= 11 is 0. The number of hydrogen-bond acceptors (Lipinski definition) is 9. The molecule has 16 heteroatoms. The number of rotatable bonds is 22. The van der Waals surface area contributed by atoms with Gasteiger partial charge >= 0.3 is 0 Å². The van der Waals surface area contributed by atoms with Crippen LogP contribution in [0.1, 0.15) is 104 Å². The Morgan fingerprint density at radius 3 is 2.00 bits per heavy atom. The average Bonchev–Trinajstić information content (AvgIpc) is 3.12. The van der Waals surface area contributed by atoms with E-state index in [1.54, 1.807) is 29.7 Å². The third-order valence-corrected chi connectivity index (χ3v) is 8.29. The van der Waals surface area contributed by atoms with Gasteiger partial charge in [0.15, 0.2) is 0 Å². The Bertz CT molecular complexity index is 1550. The fourth-order valence-corrected chi connectivity index (χ4v) is 5.34. The molecule has 1 unspecified atom stereocenters. The maximum atomic E-state index is 14.6. The number of anilines is 2. The quantitative estimate of drug-likeness (QED) is 0.0386. The molecule has 0 bridgehead atoms. The molecule has 2 aromatic carbocycles. The number of unbranched alkanes of at least 4 members (excludes halogenated alkanes) is 7. The first kappa shape index (κ1) is 41.0. The first-order valence-corrected chi connectivity index (χ1v) is 17.6. The second-order valence-corrected chi connectivity index (χ2v) is 12.5. The van der Waals surface area contributed by atoms with Crippen LogP contribution in [0.25, 0.3) is 0 Å². The minimum absolute atomic E-state index is 0.0805. The van der Waals surface area contributed by atoms with Crippen LogP contribution < -0.4 is 37.4 Å². The number of piperidine rings is 1. The van der Waals surface area contributed by atoms with Crippen molar-refractivity contribution in [1.82, 2.24) is 26.7 Å². The number of carbonyl (C=O) groups excluding carboxylic acids is 7. The van der Waals surface area contributed by atoms with Gasteiger partial charge in [-0.25, -0.2) is 9.87 Å². The van der Waals surface area contributed by atoms with Crippen molar-refractivity contribution >= 4 is 52.7 Å². The fourth-order valence-electron chi connectivity index (χ4n) is 5.34. The van der Waals surface area contributed by atoms with Gasteiger partial charge in [-0.15, -0.1) is 0 Å². The zero-order valence-electron chi connectivity index (χ0n) is 29.1. The van der Waals surface area contributed by atoms with E-state index in [0.717, 1.165) is 51.0 Å². The Balaban J connectivity index is 1.19. The lowest BCUT2D eigenvalue weighted by molar-refractivity contribution is -0.134. The van der Waals surface area contributed by atoms with Crippen LogP contribution in [-0.4, -0.2) is 72.2 Å². The molecule has 15 nitrogen and oxygen atoms in total. The van der Waals surface area contributed by atoms with E-state index in [4.69, 9.17) is 5.21 Å². The summed E-state index contributed by atoms with van der Waals surface area (Å²) in [6.07, 6.45) is 8.08. The molecule has 282 valence electrons. The summed E-state index contributed by atoms with van der Waals surface area (Å²) in [5, 5.41) is 24.3. The van der Waals surface area contributed by atoms with Gasteiger partial charge in [0.1, 0.15) is 11.9 Å². The van der Waals surface area contributed by atoms with E-state index in [1.165, 1.54) is 12.1 Å². The molecule has 0 aliphatic carbocycles. The Kier molecular flexibility index (Phi) is 17.7. The van der Waals surface area contributed by atoms with E-state index >= 15 is 0 Å². The lowest BCUT2D eigenvalue weighted by atomic mass is 10.1. The van der Waals surface area contributed by atoms with Crippen molar-refractivity contribution in [3.63, 3.8) is 0 Å². The highest BCUT2D eigenvalue weighted by Gasteiger charge is 2.28. The lowest BCUT2D eigenvalue weighted by Crippen LogP contribution is -2.52. The molecule has 0 aromatic heterocycles. The summed E-state index contributed by atoms with van der Waals surface area (Å²) in [4.78, 5) is 83.3. The molecule has 1 aliphatic heterocycles. The molecule has 2 aromatic rings. The molecule has 0 radical (unpaired) electrons. The third-order valence-electron chi connectivity index (χ3n) is 8.29. The first-order valence-electron chi connectivity index (χ1n) is 17.6. The van der Waals surface area contributed by atoms with E-state index in [-0.39, 0.29) is 49.1 Å². The van der Waals surface area contributed by atoms with Crippen molar-refractivity contribution in [3.05, 3.63) is 59.4 Å². The normalized spacial score (nSPS) is 13.8. The molecule has 0 spiro atoms. The second kappa shape index (κ2) is 22.4. The number of halogens is 1. The minimum Gasteiger partial charge on any atom is -0.376 e. The van der Waals surface area contributed by atoms with Crippen LogP contribution >= 0.6 is 0 Å². The van der Waals surface area contributed by atoms with Crippen LogP contribution in [0.4, 0.5) is 15.8 Å². The van der Waals surface area contributed by atoms with Gasteiger partial charge in [-0.1, -0.05) is 32.1 Å². The number of hydroxylamine groups is 1. The molecule has 7 amide bonds. The topological polar surface area (TPSA) is 224 Å². The zero-order valence-corrected chi connectivity index (χ0v) is 29.1. The van der Waals surface area contributed by atoms with Crippen LogP contribution in [0, 0.1) is 5.82 Å². The number of imide groups is 1. The smallest absolute Gasteiger partial charge is 0.254 e. The van der Waals surface area contributed by atoms with Crippen molar-refractivity contribution in [2.75, 3.05) is 30.3 Å². The van der Waals surface area contributed by atoms with E-state index < -0.39 is 35.5 Å². The van der Waals surface area contributed by atoms with E-state index in [9.17, 15) is 38.0 Å². The standard InChI is InChI=1S/C36H48FN7O8/c37-28-22-26(16-17-27(28)35(50)42-29-18-19-31(46)43-36(29)51)40-23-33(48)38-20-8-4-1-2-6-10-30(45)41-25-14-12-24(13-15-25)34(49)39-21-9-5-3-7-11-32(47)44-52/h12-17,22,29,40,52H,1-11,18-21,23H2,(H,38,48)(H,39,49)(H,41,45)(H,42,50)(H,44,47)(H,43,46,51). The molecule has 1 fully saturated rings. The highest BCUT2D eigenvalue weighted by Crippen LogP contribution is 2.16. The predicted octanol–water partition coefficient (Wildman–Crippen LogP) is 3.05. The maximum Gasteiger partial charge on any atom is 0.254 e. The first-order chi connectivity index (χ1) is 25.0. The molecule has 1 saturated heterocycles. The van der Waals surface area contributed by atoms with E-state index in [2.05, 4.69) is 31.9 Å².